The molecule has 0 spiro atoms. The van der Waals surface area contributed by atoms with E-state index in [4.69, 9.17) is 29.9 Å². The SMILES string of the molecule is c1ccc(-c2cc3c4ccccc4c4ccccc4c3c3ccccc23)c(-c2nc(-c3ccc4ccccc4c3)nc(-c3ccc4ccccc4c3)n2)c1.c1ccc(-c2cc3c4ccccc4c4ccccc4c3c3ccccc23)c(-c2nc(-c3cccc4ccccc34)nc(-c3cccc4ccccc34)n2)c1. The van der Waals surface area contributed by atoms with Crippen LogP contribution in [0.25, 0.3) is 220 Å². The molecule has 0 saturated heterocycles. The highest BCUT2D eigenvalue weighted by atomic mass is 15.0. The van der Waals surface area contributed by atoms with Gasteiger partial charge in [0.25, 0.3) is 0 Å². The van der Waals surface area contributed by atoms with Gasteiger partial charge in [-0.3, -0.25) is 0 Å². The fraction of sp³-hybridized carbons (Fsp3) is 0. The van der Waals surface area contributed by atoms with Crippen LogP contribution in [0.5, 0.6) is 0 Å². The number of nitrogens with zero attached hydrogens (tertiary/aromatic N) is 6. The molecule has 6 nitrogen and oxygen atoms in total. The first-order valence-corrected chi connectivity index (χ1v) is 36.7. The molecule has 2 aromatic heterocycles. The second-order valence-corrected chi connectivity index (χ2v) is 27.8. The van der Waals surface area contributed by atoms with Gasteiger partial charge in [0.2, 0.25) is 0 Å². The lowest BCUT2D eigenvalue weighted by Crippen LogP contribution is -2.02. The molecule has 22 aromatic rings. The van der Waals surface area contributed by atoms with Gasteiger partial charge in [0.15, 0.2) is 34.9 Å². The molecule has 20 aromatic carbocycles. The van der Waals surface area contributed by atoms with E-state index in [9.17, 15) is 0 Å². The van der Waals surface area contributed by atoms with Crippen LogP contribution < -0.4 is 0 Å². The number of fused-ring (bicyclic) bond motifs is 20. The van der Waals surface area contributed by atoms with Crippen LogP contribution in [0.4, 0.5) is 0 Å². The number of hydrogen-bond donors (Lipinski definition) is 0. The van der Waals surface area contributed by atoms with Crippen molar-refractivity contribution < 1.29 is 0 Å². The van der Waals surface area contributed by atoms with Crippen LogP contribution in [-0.4, -0.2) is 29.9 Å². The largest absolute Gasteiger partial charge is 0.208 e. The summed E-state index contributed by atoms with van der Waals surface area (Å²) in [7, 11) is 0. The average molecular weight is 1370 g/mol. The number of rotatable bonds is 8. The van der Waals surface area contributed by atoms with Crippen LogP contribution in [0.15, 0.2) is 376 Å². The fourth-order valence-corrected chi connectivity index (χ4v) is 16.8. The van der Waals surface area contributed by atoms with Crippen LogP contribution in [0.2, 0.25) is 0 Å². The first kappa shape index (κ1) is 62.1. The molecule has 0 atom stereocenters. The Hall–Kier alpha value is -14.5. The Morgan fingerprint density at radius 2 is 0.361 bits per heavy atom. The van der Waals surface area contributed by atoms with Gasteiger partial charge >= 0.3 is 0 Å². The van der Waals surface area contributed by atoms with Crippen molar-refractivity contribution in [3.63, 3.8) is 0 Å². The molecular formula is C102H62N6. The Morgan fingerprint density at radius 1 is 0.120 bits per heavy atom. The highest BCUT2D eigenvalue weighted by Gasteiger charge is 2.24. The third-order valence-electron chi connectivity index (χ3n) is 21.8. The molecule has 6 heteroatoms. The van der Waals surface area contributed by atoms with Crippen molar-refractivity contribution >= 4 is 129 Å². The molecule has 0 N–H and O–H groups in total. The molecule has 0 saturated carbocycles. The second-order valence-electron chi connectivity index (χ2n) is 27.8. The molecule has 0 aliphatic rings. The van der Waals surface area contributed by atoms with Gasteiger partial charge in [-0.2, -0.15) is 0 Å². The predicted octanol–water partition coefficient (Wildman–Crippen LogP) is 26.9. The predicted molar refractivity (Wildman–Crippen MR) is 453 cm³/mol. The van der Waals surface area contributed by atoms with Crippen LogP contribution >= 0.6 is 0 Å². The van der Waals surface area contributed by atoms with Crippen molar-refractivity contribution in [1.82, 2.24) is 29.9 Å². The number of aromatic nitrogens is 6. The van der Waals surface area contributed by atoms with Crippen LogP contribution in [0, 0.1) is 0 Å². The lowest BCUT2D eigenvalue weighted by atomic mass is 9.86. The summed E-state index contributed by atoms with van der Waals surface area (Å²) in [4.78, 5) is 31.6. The molecule has 22 rings (SSSR count). The molecule has 2 heterocycles. The summed E-state index contributed by atoms with van der Waals surface area (Å²) in [5.74, 6) is 3.86. The molecule has 0 aliphatic carbocycles. The first-order chi connectivity index (χ1) is 53.6. The molecular weight excluding hydrogens is 1310 g/mol. The van der Waals surface area contributed by atoms with Gasteiger partial charge < -0.3 is 0 Å². The van der Waals surface area contributed by atoms with Crippen molar-refractivity contribution in [1.29, 1.82) is 0 Å². The van der Waals surface area contributed by atoms with E-state index in [-0.39, 0.29) is 0 Å². The smallest absolute Gasteiger partial charge is 0.164 e. The quantitative estimate of drug-likeness (QED) is 0.141. The summed E-state index contributed by atoms with van der Waals surface area (Å²) in [5.41, 5.74) is 10.2. The van der Waals surface area contributed by atoms with E-state index >= 15 is 0 Å². The Kier molecular flexibility index (Phi) is 14.8. The monoisotopic (exact) mass is 1370 g/mol. The minimum Gasteiger partial charge on any atom is -0.208 e. The molecule has 0 unspecified atom stereocenters. The van der Waals surface area contributed by atoms with E-state index in [0.717, 1.165) is 88.0 Å². The Labute approximate surface area is 621 Å². The van der Waals surface area contributed by atoms with Gasteiger partial charge in [-0.1, -0.05) is 352 Å². The highest BCUT2D eigenvalue weighted by molar-refractivity contribution is 6.35. The minimum absolute atomic E-state index is 0.638. The lowest BCUT2D eigenvalue weighted by Gasteiger charge is -2.18. The fourth-order valence-electron chi connectivity index (χ4n) is 16.8. The van der Waals surface area contributed by atoms with Gasteiger partial charge in [0.1, 0.15) is 0 Å². The lowest BCUT2D eigenvalue weighted by molar-refractivity contribution is 1.08. The van der Waals surface area contributed by atoms with E-state index in [1.807, 2.05) is 0 Å². The molecule has 0 amide bonds. The van der Waals surface area contributed by atoms with Crippen molar-refractivity contribution in [2.24, 2.45) is 0 Å². The van der Waals surface area contributed by atoms with Gasteiger partial charge in [0, 0.05) is 33.4 Å². The van der Waals surface area contributed by atoms with E-state index < -0.39 is 0 Å². The normalized spacial score (nSPS) is 11.7. The zero-order chi connectivity index (χ0) is 71.2. The maximum Gasteiger partial charge on any atom is 0.164 e. The maximum absolute atomic E-state index is 5.33. The Morgan fingerprint density at radius 3 is 0.750 bits per heavy atom. The van der Waals surface area contributed by atoms with Gasteiger partial charge in [-0.05, 0) is 176 Å². The van der Waals surface area contributed by atoms with Crippen LogP contribution in [0.1, 0.15) is 0 Å². The van der Waals surface area contributed by atoms with Gasteiger partial charge in [0.05, 0.1) is 0 Å². The van der Waals surface area contributed by atoms with Crippen LogP contribution in [-0.2, 0) is 0 Å². The highest BCUT2D eigenvalue weighted by Crippen LogP contribution is 2.48. The molecule has 500 valence electrons. The van der Waals surface area contributed by atoms with E-state index in [2.05, 4.69) is 376 Å². The zero-order valence-corrected chi connectivity index (χ0v) is 58.5. The standard InChI is InChI=1S/2C51H31N3/c1-3-19-34-32(15-1)17-13-29-43(34)49-52-50(44-30-14-18-33-16-2-4-20-35(33)44)54-51(53-49)45-28-12-9-25-40(45)46-31-47-38-23-6-5-21-36(38)37-22-7-10-26-41(37)48(47)42-27-11-8-24-39(42)46;1-3-15-34-29-36(27-25-32(34)13-1)49-52-50(37-28-26-33-14-2-4-16-35(33)30-37)54-51(53-49)45-24-12-9-21-42(45)46-31-47-40-19-6-5-17-38(40)39-18-7-10-22-43(39)48(47)44-23-11-8-20-41(44)46/h2*1-31H. The van der Waals surface area contributed by atoms with Gasteiger partial charge in [-0.25, -0.2) is 29.9 Å². The van der Waals surface area contributed by atoms with Crippen molar-refractivity contribution in [3.8, 4) is 90.6 Å². The minimum atomic E-state index is 0.638. The Balaban J connectivity index is 0.000000138. The maximum atomic E-state index is 5.33. The third-order valence-corrected chi connectivity index (χ3v) is 21.8. The summed E-state index contributed by atoms with van der Waals surface area (Å²) in [6, 6.07) is 134. The second kappa shape index (κ2) is 25.7. The molecule has 0 aliphatic heterocycles. The molecule has 0 radical (unpaired) electrons. The first-order valence-electron chi connectivity index (χ1n) is 36.7. The van der Waals surface area contributed by atoms with E-state index in [1.54, 1.807) is 0 Å². The number of hydrogen-bond acceptors (Lipinski definition) is 6. The summed E-state index contributed by atoms with van der Waals surface area (Å²) < 4.78 is 0. The average Bonchev–Trinajstić information content (AvgIpc) is 0.722. The van der Waals surface area contributed by atoms with Crippen molar-refractivity contribution in [3.05, 3.63) is 376 Å². The molecule has 0 fully saturated rings. The van der Waals surface area contributed by atoms with E-state index in [0.29, 0.717) is 34.9 Å². The zero-order valence-electron chi connectivity index (χ0n) is 58.5. The van der Waals surface area contributed by atoms with Crippen molar-refractivity contribution in [2.75, 3.05) is 0 Å². The summed E-state index contributed by atoms with van der Waals surface area (Å²) in [6.45, 7) is 0. The van der Waals surface area contributed by atoms with Crippen LogP contribution in [0.3, 0.4) is 0 Å². The van der Waals surface area contributed by atoms with Gasteiger partial charge in [-0.15, -0.1) is 0 Å². The topological polar surface area (TPSA) is 77.3 Å². The third kappa shape index (κ3) is 10.5. The molecule has 0 bridgehead atoms. The summed E-state index contributed by atoms with van der Waals surface area (Å²) in [5, 5.41) is 29.1. The summed E-state index contributed by atoms with van der Waals surface area (Å²) >= 11 is 0. The van der Waals surface area contributed by atoms with E-state index in [1.165, 1.54) is 97.0 Å². The summed E-state index contributed by atoms with van der Waals surface area (Å²) in [6.07, 6.45) is 0. The Bertz CT molecular complexity index is 7260. The molecule has 108 heavy (non-hydrogen) atoms. The van der Waals surface area contributed by atoms with Crippen molar-refractivity contribution in [2.45, 2.75) is 0 Å². The number of benzene rings is 20.